The molecule has 9 heteroatoms. The summed E-state index contributed by atoms with van der Waals surface area (Å²) in [4.78, 5) is 21.9. The van der Waals surface area contributed by atoms with Crippen molar-refractivity contribution >= 4 is 11.6 Å². The van der Waals surface area contributed by atoms with Crippen molar-refractivity contribution in [2.45, 2.75) is 19.0 Å². The number of halogens is 1. The normalized spacial score (nSPS) is 13.3. The highest BCUT2D eigenvalue weighted by atomic mass is 19.1. The maximum Gasteiger partial charge on any atom is 0.226 e. The average Bonchev–Trinajstić information content (AvgIpc) is 3.55. The minimum absolute atomic E-state index is 0.122. The van der Waals surface area contributed by atoms with Crippen molar-refractivity contribution in [2.24, 2.45) is 4.99 Å². The Morgan fingerprint density at radius 1 is 1.17 bits per heavy atom. The van der Waals surface area contributed by atoms with Gasteiger partial charge in [-0.1, -0.05) is 29.5 Å². The average molecular weight is 471 g/mol. The molecule has 0 unspecified atom stereocenters. The third-order valence-electron chi connectivity index (χ3n) is 5.82. The molecule has 1 atom stereocenters. The fourth-order valence-corrected chi connectivity index (χ4v) is 4.09. The Balaban J connectivity index is 1.26. The number of fused-ring (bicyclic) bond motifs is 1. The first-order valence-corrected chi connectivity index (χ1v) is 11.1. The van der Waals surface area contributed by atoms with Gasteiger partial charge in [0.05, 0.1) is 55.1 Å². The van der Waals surface area contributed by atoms with E-state index in [1.807, 2.05) is 30.3 Å². The van der Waals surface area contributed by atoms with E-state index in [1.165, 1.54) is 12.1 Å². The van der Waals surface area contributed by atoms with Crippen LogP contribution in [-0.2, 0) is 22.5 Å². The molecule has 0 saturated heterocycles. The van der Waals surface area contributed by atoms with E-state index in [1.54, 1.807) is 42.5 Å². The summed E-state index contributed by atoms with van der Waals surface area (Å²) < 4.78 is 20.2. The number of aromatic nitrogens is 4. The van der Waals surface area contributed by atoms with Crippen molar-refractivity contribution in [1.29, 1.82) is 0 Å². The number of amides is 1. The number of carbonyl (C=O) groups is 1. The third-order valence-corrected chi connectivity index (χ3v) is 5.82. The maximum atomic E-state index is 13.3. The Hall–Kier alpha value is -4.24. The number of methoxy groups -OCH3 is 1. The molecule has 2 aromatic carbocycles. The van der Waals surface area contributed by atoms with E-state index in [9.17, 15) is 9.18 Å². The van der Waals surface area contributed by atoms with Crippen molar-refractivity contribution in [3.8, 4) is 5.69 Å². The topological polar surface area (TPSA) is 94.3 Å². The molecule has 1 N–H and O–H groups in total. The second-order valence-corrected chi connectivity index (χ2v) is 8.20. The molecule has 0 spiro atoms. The van der Waals surface area contributed by atoms with Gasteiger partial charge in [0.1, 0.15) is 5.82 Å². The fraction of sp³-hybridized carbons (Fsp3) is 0.192. The lowest BCUT2D eigenvalue weighted by Crippen LogP contribution is -2.32. The Bertz CT molecular complexity index is 1350. The molecular formula is C26H23FN6O2. The lowest BCUT2D eigenvalue weighted by atomic mass is 10.0. The summed E-state index contributed by atoms with van der Waals surface area (Å²) in [7, 11) is 1.56. The Morgan fingerprint density at radius 3 is 2.69 bits per heavy atom. The summed E-state index contributed by atoms with van der Waals surface area (Å²) in [5.41, 5.74) is 6.21. The summed E-state index contributed by atoms with van der Waals surface area (Å²) in [6.07, 6.45) is 5.32. The molecule has 176 valence electrons. The Kier molecular flexibility index (Phi) is 6.40. The van der Waals surface area contributed by atoms with Gasteiger partial charge >= 0.3 is 0 Å². The van der Waals surface area contributed by atoms with Crippen molar-refractivity contribution in [2.75, 3.05) is 13.7 Å². The molecule has 0 radical (unpaired) electrons. The number of nitrogens with one attached hydrogen (secondary N) is 1. The zero-order valence-electron chi connectivity index (χ0n) is 19.1. The largest absolute Gasteiger partial charge is 0.382 e. The molecule has 4 aromatic rings. The van der Waals surface area contributed by atoms with E-state index in [0.717, 1.165) is 33.7 Å². The summed E-state index contributed by atoms with van der Waals surface area (Å²) in [6, 6.07) is 15.5. The Labute approximate surface area is 201 Å². The number of hydrogen-bond acceptors (Lipinski definition) is 6. The molecule has 1 amide bonds. The first-order valence-electron chi connectivity index (χ1n) is 11.1. The van der Waals surface area contributed by atoms with Crippen molar-refractivity contribution < 1.29 is 13.9 Å². The van der Waals surface area contributed by atoms with Crippen molar-refractivity contribution in [3.05, 3.63) is 107 Å². The smallest absolute Gasteiger partial charge is 0.226 e. The lowest BCUT2D eigenvalue weighted by molar-refractivity contribution is -0.121. The van der Waals surface area contributed by atoms with E-state index in [2.05, 4.69) is 20.6 Å². The number of carbonyl (C=O) groups excluding carboxylic acids is 1. The van der Waals surface area contributed by atoms with Crippen LogP contribution in [0.2, 0.25) is 0 Å². The zero-order valence-corrected chi connectivity index (χ0v) is 19.1. The van der Waals surface area contributed by atoms with E-state index in [-0.39, 0.29) is 30.8 Å². The second-order valence-electron chi connectivity index (χ2n) is 8.20. The van der Waals surface area contributed by atoms with Crippen molar-refractivity contribution in [1.82, 2.24) is 25.3 Å². The van der Waals surface area contributed by atoms with Crippen LogP contribution in [0.5, 0.6) is 0 Å². The minimum Gasteiger partial charge on any atom is -0.382 e. The van der Waals surface area contributed by atoms with Crippen LogP contribution in [0.3, 0.4) is 0 Å². The summed E-state index contributed by atoms with van der Waals surface area (Å²) >= 11 is 0. The van der Waals surface area contributed by atoms with Gasteiger partial charge in [-0.25, -0.2) is 9.07 Å². The van der Waals surface area contributed by atoms with Gasteiger partial charge in [-0.3, -0.25) is 14.8 Å². The van der Waals surface area contributed by atoms with Crippen LogP contribution in [0.4, 0.5) is 4.39 Å². The number of aliphatic imine (C=N–C) groups is 1. The van der Waals surface area contributed by atoms with Gasteiger partial charge in [0.2, 0.25) is 5.91 Å². The van der Waals surface area contributed by atoms with Crippen LogP contribution in [0.25, 0.3) is 5.69 Å². The van der Waals surface area contributed by atoms with Gasteiger partial charge in [0.25, 0.3) is 0 Å². The highest BCUT2D eigenvalue weighted by Crippen LogP contribution is 2.24. The van der Waals surface area contributed by atoms with Gasteiger partial charge in [-0.05, 0) is 41.5 Å². The predicted octanol–water partition coefficient (Wildman–Crippen LogP) is 3.20. The van der Waals surface area contributed by atoms with Crippen LogP contribution < -0.4 is 5.32 Å². The van der Waals surface area contributed by atoms with E-state index in [4.69, 9.17) is 9.73 Å². The fourth-order valence-electron chi connectivity index (χ4n) is 4.09. The molecule has 5 rings (SSSR count). The highest BCUT2D eigenvalue weighted by molar-refractivity contribution is 6.15. The quantitative estimate of drug-likeness (QED) is 0.427. The maximum absolute atomic E-state index is 13.3. The molecular weight excluding hydrogens is 447 g/mol. The van der Waals surface area contributed by atoms with Crippen molar-refractivity contribution in [3.63, 3.8) is 0 Å². The molecule has 1 aliphatic rings. The summed E-state index contributed by atoms with van der Waals surface area (Å²) in [5, 5.41) is 10.8. The van der Waals surface area contributed by atoms with Crippen LogP contribution >= 0.6 is 0 Å². The summed E-state index contributed by atoms with van der Waals surface area (Å²) in [5.74, 6) is -0.516. The van der Waals surface area contributed by atoms with Gasteiger partial charge in [-0.2, -0.15) is 0 Å². The molecule has 0 saturated carbocycles. The Morgan fingerprint density at radius 2 is 1.97 bits per heavy atom. The standard InChI is InChI=1S/C26H23FN6O2/c1-35-16-24(17-2-6-20(27)7-3-17)31-25(34)13-21-12-19-14-29-26(23(19)15-28-21)18-4-8-22(9-5-18)33-11-10-30-32-33/h2-12,15,24H,13-14,16H2,1H3,(H,31,34)/t24-/m1/s1. The van der Waals surface area contributed by atoms with Crippen LogP contribution in [0, 0.1) is 5.82 Å². The van der Waals surface area contributed by atoms with Crippen LogP contribution in [0.1, 0.15) is 34.0 Å². The lowest BCUT2D eigenvalue weighted by Gasteiger charge is -2.18. The molecule has 2 aromatic heterocycles. The monoisotopic (exact) mass is 470 g/mol. The van der Waals surface area contributed by atoms with Crippen LogP contribution in [-0.4, -0.2) is 45.3 Å². The predicted molar refractivity (Wildman–Crippen MR) is 128 cm³/mol. The number of pyridine rings is 1. The number of ether oxygens (including phenoxy) is 1. The molecule has 1 aliphatic heterocycles. The molecule has 3 heterocycles. The van der Waals surface area contributed by atoms with Crippen LogP contribution in [0.15, 0.2) is 78.2 Å². The zero-order chi connectivity index (χ0) is 24.2. The number of rotatable bonds is 8. The molecule has 8 nitrogen and oxygen atoms in total. The molecule has 0 bridgehead atoms. The SMILES string of the molecule is COC[C@@H](NC(=O)Cc1cc2c(cn1)C(c1ccc(-n3ccnn3)cc1)=NC2)c1ccc(F)cc1. The van der Waals surface area contributed by atoms with E-state index >= 15 is 0 Å². The van der Waals surface area contributed by atoms with E-state index < -0.39 is 0 Å². The molecule has 35 heavy (non-hydrogen) atoms. The van der Waals surface area contributed by atoms with E-state index in [0.29, 0.717) is 12.2 Å². The summed E-state index contributed by atoms with van der Waals surface area (Å²) in [6.45, 7) is 0.816. The molecule has 0 fully saturated rings. The second kappa shape index (κ2) is 9.94. The number of benzene rings is 2. The molecule has 0 aliphatic carbocycles. The number of nitrogens with zero attached hydrogens (tertiary/aromatic N) is 5. The third kappa shape index (κ3) is 4.99. The minimum atomic E-state index is -0.377. The first kappa shape index (κ1) is 22.5. The first-order chi connectivity index (χ1) is 17.1. The number of hydrogen-bond donors (Lipinski definition) is 1. The van der Waals surface area contributed by atoms with Gasteiger partial charge in [0, 0.05) is 24.4 Å². The van der Waals surface area contributed by atoms with Gasteiger partial charge in [-0.15, -0.1) is 5.10 Å². The van der Waals surface area contributed by atoms with Gasteiger partial charge in [0.15, 0.2) is 0 Å². The van der Waals surface area contributed by atoms with Gasteiger partial charge < -0.3 is 10.1 Å². The highest BCUT2D eigenvalue weighted by Gasteiger charge is 2.20.